The summed E-state index contributed by atoms with van der Waals surface area (Å²) < 4.78 is 0. The summed E-state index contributed by atoms with van der Waals surface area (Å²) in [5, 5.41) is 10.6. The number of aromatic nitrogens is 1. The van der Waals surface area contributed by atoms with Gasteiger partial charge in [-0.05, 0) is 65.4 Å². The number of nitrogens with zero attached hydrogens (tertiary/aromatic N) is 1. The van der Waals surface area contributed by atoms with E-state index in [9.17, 15) is 4.79 Å². The van der Waals surface area contributed by atoms with E-state index < -0.39 is 0 Å². The van der Waals surface area contributed by atoms with Crippen LogP contribution in [0.2, 0.25) is 0 Å². The molecule has 0 aliphatic carbocycles. The zero-order valence-corrected chi connectivity index (χ0v) is 16.1. The molecule has 0 saturated heterocycles. The fourth-order valence-corrected chi connectivity index (χ4v) is 3.55. The van der Waals surface area contributed by atoms with Crippen LogP contribution in [0.5, 0.6) is 0 Å². The first-order chi connectivity index (χ1) is 10.7. The molecule has 2 N–H and O–H groups in total. The minimum absolute atomic E-state index is 0. The molecule has 0 unspecified atom stereocenters. The Hall–Kier alpha value is -1.14. The molecular weight excluding hydrogens is 365 g/mol. The van der Waals surface area contributed by atoms with Crippen molar-refractivity contribution in [2.75, 3.05) is 6.54 Å². The van der Waals surface area contributed by atoms with E-state index in [2.05, 4.69) is 27.1 Å². The highest BCUT2D eigenvalue weighted by Gasteiger charge is 2.16. The van der Waals surface area contributed by atoms with Crippen LogP contribution < -0.4 is 10.6 Å². The monoisotopic (exact) mass is 387 g/mol. The highest BCUT2D eigenvalue weighted by atomic mass is 35.5. The van der Waals surface area contributed by atoms with Gasteiger partial charge in [0.2, 0.25) is 5.91 Å². The summed E-state index contributed by atoms with van der Waals surface area (Å²) in [4.78, 5) is 16.5. The Morgan fingerprint density at radius 3 is 3.00 bits per heavy atom. The van der Waals surface area contributed by atoms with Gasteiger partial charge in [-0.25, -0.2) is 0 Å². The summed E-state index contributed by atoms with van der Waals surface area (Å²) in [5.41, 5.74) is 6.09. The normalized spacial score (nSPS) is 12.5. The Labute approximate surface area is 159 Å². The lowest BCUT2D eigenvalue weighted by Crippen LogP contribution is -2.28. The van der Waals surface area contributed by atoms with Crippen LogP contribution in [-0.2, 0) is 30.7 Å². The zero-order chi connectivity index (χ0) is 15.4. The molecule has 4 nitrogen and oxygen atoms in total. The fourth-order valence-electron chi connectivity index (χ4n) is 2.85. The van der Waals surface area contributed by atoms with Crippen LogP contribution in [-0.4, -0.2) is 17.4 Å². The van der Waals surface area contributed by atoms with E-state index >= 15 is 0 Å². The number of halogens is 2. The molecular formula is C17H23Cl2N3OS. The van der Waals surface area contributed by atoms with Crippen LogP contribution >= 0.6 is 36.2 Å². The number of pyridine rings is 1. The van der Waals surface area contributed by atoms with Gasteiger partial charge >= 0.3 is 0 Å². The maximum atomic E-state index is 12.1. The van der Waals surface area contributed by atoms with Crippen LogP contribution in [0.15, 0.2) is 23.0 Å². The Bertz CT molecular complexity index is 662. The average molecular weight is 388 g/mol. The SMILES string of the molecule is Cc1ncc2c(c1CNC(=O)CCc1ccsc1)CCNC2.Cl.Cl. The van der Waals surface area contributed by atoms with Gasteiger partial charge in [0, 0.05) is 31.4 Å². The Morgan fingerprint density at radius 1 is 1.42 bits per heavy atom. The maximum absolute atomic E-state index is 12.1. The van der Waals surface area contributed by atoms with Gasteiger partial charge < -0.3 is 10.6 Å². The first kappa shape index (κ1) is 20.9. The molecule has 0 spiro atoms. The lowest BCUT2D eigenvalue weighted by molar-refractivity contribution is -0.121. The largest absolute Gasteiger partial charge is 0.352 e. The minimum atomic E-state index is 0. The first-order valence-corrected chi connectivity index (χ1v) is 8.63. The van der Waals surface area contributed by atoms with E-state index in [4.69, 9.17) is 0 Å². The van der Waals surface area contributed by atoms with Crippen molar-refractivity contribution >= 4 is 42.1 Å². The molecule has 3 heterocycles. The molecule has 0 aromatic carbocycles. The van der Waals surface area contributed by atoms with Gasteiger partial charge in [-0.3, -0.25) is 9.78 Å². The zero-order valence-electron chi connectivity index (χ0n) is 13.6. The number of rotatable bonds is 5. The van der Waals surface area contributed by atoms with Crippen molar-refractivity contribution in [2.24, 2.45) is 0 Å². The van der Waals surface area contributed by atoms with Crippen molar-refractivity contribution in [3.05, 3.63) is 51.0 Å². The van der Waals surface area contributed by atoms with Gasteiger partial charge in [0.15, 0.2) is 0 Å². The van der Waals surface area contributed by atoms with E-state index in [1.165, 1.54) is 22.3 Å². The molecule has 24 heavy (non-hydrogen) atoms. The van der Waals surface area contributed by atoms with Crippen molar-refractivity contribution in [1.29, 1.82) is 0 Å². The number of amides is 1. The van der Waals surface area contributed by atoms with Crippen LogP contribution in [0.3, 0.4) is 0 Å². The van der Waals surface area contributed by atoms with E-state index in [1.807, 2.05) is 18.5 Å². The number of aryl methyl sites for hydroxylation is 2. The second kappa shape index (κ2) is 9.99. The van der Waals surface area contributed by atoms with Crippen molar-refractivity contribution < 1.29 is 4.79 Å². The molecule has 132 valence electrons. The summed E-state index contributed by atoms with van der Waals surface area (Å²) in [6.07, 6.45) is 4.32. The van der Waals surface area contributed by atoms with Crippen molar-refractivity contribution in [2.45, 2.75) is 39.3 Å². The van der Waals surface area contributed by atoms with Crippen molar-refractivity contribution in [3.63, 3.8) is 0 Å². The standard InChI is InChI=1S/C17H21N3OS.2ClH/c1-12-16(15-4-6-18-8-14(15)9-19-12)10-20-17(21)3-2-13-5-7-22-11-13;;/h5,7,9,11,18H,2-4,6,8,10H2,1H3,(H,20,21);2*1H. The number of hydrogen-bond acceptors (Lipinski definition) is 4. The van der Waals surface area contributed by atoms with Crippen LogP contribution in [0.1, 0.15) is 34.4 Å². The summed E-state index contributed by atoms with van der Waals surface area (Å²) in [7, 11) is 0. The predicted octanol–water partition coefficient (Wildman–Crippen LogP) is 3.19. The lowest BCUT2D eigenvalue weighted by Gasteiger charge is -2.21. The van der Waals surface area contributed by atoms with Gasteiger partial charge in [0.1, 0.15) is 0 Å². The number of nitrogens with one attached hydrogen (secondary N) is 2. The molecule has 1 aliphatic rings. The summed E-state index contributed by atoms with van der Waals surface area (Å²) in [6, 6.07) is 2.08. The highest BCUT2D eigenvalue weighted by molar-refractivity contribution is 7.07. The second-order valence-corrected chi connectivity index (χ2v) is 6.44. The molecule has 2 aromatic rings. The predicted molar refractivity (Wildman–Crippen MR) is 103 cm³/mol. The third-order valence-corrected chi connectivity index (χ3v) is 4.89. The quantitative estimate of drug-likeness (QED) is 0.827. The topological polar surface area (TPSA) is 54.0 Å². The molecule has 0 atom stereocenters. The number of thiophene rings is 1. The molecule has 1 amide bonds. The third-order valence-electron chi connectivity index (χ3n) is 4.15. The Balaban J connectivity index is 0.00000144. The Kier molecular flexibility index (Phi) is 8.70. The van der Waals surface area contributed by atoms with Crippen molar-refractivity contribution in [3.8, 4) is 0 Å². The number of fused-ring (bicyclic) bond motifs is 1. The van der Waals surface area contributed by atoms with Crippen LogP contribution in [0.4, 0.5) is 0 Å². The van der Waals surface area contributed by atoms with E-state index in [0.29, 0.717) is 13.0 Å². The minimum Gasteiger partial charge on any atom is -0.352 e. The van der Waals surface area contributed by atoms with Crippen LogP contribution in [0, 0.1) is 6.92 Å². The van der Waals surface area contributed by atoms with E-state index in [-0.39, 0.29) is 30.7 Å². The van der Waals surface area contributed by atoms with E-state index in [0.717, 1.165) is 31.6 Å². The molecule has 3 rings (SSSR count). The molecule has 1 aliphatic heterocycles. The van der Waals surface area contributed by atoms with Gasteiger partial charge in [0.05, 0.1) is 0 Å². The first-order valence-electron chi connectivity index (χ1n) is 7.69. The third kappa shape index (κ3) is 5.18. The van der Waals surface area contributed by atoms with E-state index in [1.54, 1.807) is 11.3 Å². The summed E-state index contributed by atoms with van der Waals surface area (Å²) >= 11 is 1.67. The smallest absolute Gasteiger partial charge is 0.220 e. The fraction of sp³-hybridized carbons (Fsp3) is 0.412. The molecule has 7 heteroatoms. The summed E-state index contributed by atoms with van der Waals surface area (Å²) in [5.74, 6) is 0.108. The number of hydrogen-bond donors (Lipinski definition) is 2. The van der Waals surface area contributed by atoms with Gasteiger partial charge in [-0.1, -0.05) is 0 Å². The van der Waals surface area contributed by atoms with Gasteiger partial charge in [-0.15, -0.1) is 24.8 Å². The molecule has 0 radical (unpaired) electrons. The maximum Gasteiger partial charge on any atom is 0.220 e. The second-order valence-electron chi connectivity index (χ2n) is 5.66. The van der Waals surface area contributed by atoms with Gasteiger partial charge in [0.25, 0.3) is 0 Å². The molecule has 0 bridgehead atoms. The average Bonchev–Trinajstić information content (AvgIpc) is 3.05. The van der Waals surface area contributed by atoms with Crippen molar-refractivity contribution in [1.82, 2.24) is 15.6 Å². The highest BCUT2D eigenvalue weighted by Crippen LogP contribution is 2.20. The molecule has 0 fully saturated rings. The number of carbonyl (C=O) groups excluding carboxylic acids is 1. The number of carbonyl (C=O) groups is 1. The summed E-state index contributed by atoms with van der Waals surface area (Å²) in [6.45, 7) is 4.48. The Morgan fingerprint density at radius 2 is 2.25 bits per heavy atom. The van der Waals surface area contributed by atoms with Crippen LogP contribution in [0.25, 0.3) is 0 Å². The van der Waals surface area contributed by atoms with Gasteiger partial charge in [-0.2, -0.15) is 11.3 Å². The molecule has 0 saturated carbocycles. The lowest BCUT2D eigenvalue weighted by atomic mass is 9.96. The molecule has 2 aromatic heterocycles.